The lowest BCUT2D eigenvalue weighted by atomic mass is 10.0. The van der Waals surface area contributed by atoms with Crippen molar-refractivity contribution in [1.82, 2.24) is 0 Å². The minimum atomic E-state index is 0.166. The normalized spacial score (nSPS) is 11.8. The van der Waals surface area contributed by atoms with Crippen LogP contribution in [-0.4, -0.2) is 19.8 Å². The number of nitrogens with two attached hydrogens (primary N) is 1. The molecule has 1 aromatic carbocycles. The van der Waals surface area contributed by atoms with Crippen LogP contribution in [0.4, 0.5) is 0 Å². The average molecular weight is 263 g/mol. The van der Waals surface area contributed by atoms with Crippen LogP contribution in [0.1, 0.15) is 32.8 Å². The molecule has 0 saturated carbocycles. The molecule has 0 amide bonds. The van der Waals surface area contributed by atoms with E-state index in [1.165, 1.54) is 5.57 Å². The molecule has 1 aromatic rings. The summed E-state index contributed by atoms with van der Waals surface area (Å²) in [6.07, 6.45) is 3.84. The zero-order valence-corrected chi connectivity index (χ0v) is 12.4. The molecular formula is C16H25NO2. The van der Waals surface area contributed by atoms with Gasteiger partial charge in [0.15, 0.2) is 0 Å². The van der Waals surface area contributed by atoms with E-state index in [1.807, 2.05) is 18.2 Å². The topological polar surface area (TPSA) is 44.5 Å². The molecule has 0 saturated heterocycles. The predicted octanol–water partition coefficient (Wildman–Crippen LogP) is 3.32. The molecule has 1 rings (SSSR count). The highest BCUT2D eigenvalue weighted by Crippen LogP contribution is 2.26. The molecule has 0 fully saturated rings. The van der Waals surface area contributed by atoms with Gasteiger partial charge in [0.25, 0.3) is 0 Å². The van der Waals surface area contributed by atoms with Gasteiger partial charge in [-0.15, -0.1) is 0 Å². The third-order valence-electron chi connectivity index (χ3n) is 3.01. The van der Waals surface area contributed by atoms with E-state index in [0.717, 1.165) is 29.9 Å². The van der Waals surface area contributed by atoms with E-state index in [4.69, 9.17) is 15.2 Å². The molecule has 0 aliphatic heterocycles. The van der Waals surface area contributed by atoms with Crippen molar-refractivity contribution < 1.29 is 9.47 Å². The molecule has 0 spiro atoms. The summed E-state index contributed by atoms with van der Waals surface area (Å²) >= 11 is 0. The van der Waals surface area contributed by atoms with Crippen LogP contribution in [0.2, 0.25) is 0 Å². The molecule has 0 aliphatic carbocycles. The van der Waals surface area contributed by atoms with Gasteiger partial charge in [-0.05, 0) is 44.4 Å². The van der Waals surface area contributed by atoms with Crippen LogP contribution < -0.4 is 15.2 Å². The molecule has 0 aromatic heterocycles. The Morgan fingerprint density at radius 1 is 1.37 bits per heavy atom. The first-order chi connectivity index (χ1) is 9.06. The predicted molar refractivity (Wildman–Crippen MR) is 79.9 cm³/mol. The lowest BCUT2D eigenvalue weighted by Gasteiger charge is -2.15. The van der Waals surface area contributed by atoms with Crippen LogP contribution >= 0.6 is 0 Å². The lowest BCUT2D eigenvalue weighted by Crippen LogP contribution is -2.21. The lowest BCUT2D eigenvalue weighted by molar-refractivity contribution is 0.351. The van der Waals surface area contributed by atoms with Crippen molar-refractivity contribution in [2.45, 2.75) is 39.7 Å². The van der Waals surface area contributed by atoms with Crippen molar-refractivity contribution in [2.24, 2.45) is 5.73 Å². The quantitative estimate of drug-likeness (QED) is 0.767. The Balaban J connectivity index is 2.85. The Hall–Kier alpha value is -1.48. The third kappa shape index (κ3) is 5.35. The van der Waals surface area contributed by atoms with Crippen molar-refractivity contribution in [3.63, 3.8) is 0 Å². The van der Waals surface area contributed by atoms with E-state index in [-0.39, 0.29) is 6.04 Å². The smallest absolute Gasteiger partial charge is 0.126 e. The minimum Gasteiger partial charge on any atom is -0.497 e. The largest absolute Gasteiger partial charge is 0.497 e. The number of hydrogen-bond acceptors (Lipinski definition) is 3. The number of benzene rings is 1. The Morgan fingerprint density at radius 2 is 2.11 bits per heavy atom. The van der Waals surface area contributed by atoms with E-state index in [0.29, 0.717) is 6.61 Å². The van der Waals surface area contributed by atoms with E-state index in [2.05, 4.69) is 26.8 Å². The molecule has 19 heavy (non-hydrogen) atoms. The molecule has 0 radical (unpaired) electrons. The molecule has 0 bridgehead atoms. The summed E-state index contributed by atoms with van der Waals surface area (Å²) in [4.78, 5) is 0. The number of ether oxygens (including phenoxy) is 2. The zero-order chi connectivity index (χ0) is 14.3. The van der Waals surface area contributed by atoms with E-state index < -0.39 is 0 Å². The van der Waals surface area contributed by atoms with E-state index in [9.17, 15) is 0 Å². The summed E-state index contributed by atoms with van der Waals surface area (Å²) in [5.74, 6) is 1.67. The maximum absolute atomic E-state index is 6.02. The highest BCUT2D eigenvalue weighted by atomic mass is 16.5. The van der Waals surface area contributed by atoms with E-state index >= 15 is 0 Å². The third-order valence-corrected chi connectivity index (χ3v) is 3.01. The first-order valence-electron chi connectivity index (χ1n) is 6.75. The van der Waals surface area contributed by atoms with Gasteiger partial charge >= 0.3 is 0 Å². The van der Waals surface area contributed by atoms with Crippen molar-refractivity contribution in [1.29, 1.82) is 0 Å². The maximum atomic E-state index is 6.02. The Kier molecular flexibility index (Phi) is 6.43. The second kappa shape index (κ2) is 7.85. The first-order valence-corrected chi connectivity index (χ1v) is 6.75. The fourth-order valence-electron chi connectivity index (χ4n) is 1.69. The molecule has 1 unspecified atom stereocenters. The first kappa shape index (κ1) is 15.6. The zero-order valence-electron chi connectivity index (χ0n) is 12.4. The standard InChI is InChI=1S/C16H25NO2/c1-5-14(17)10-13-6-7-15(18-4)11-16(13)19-9-8-12(2)3/h6-8,11,14H,5,9-10,17H2,1-4H3. The van der Waals surface area contributed by atoms with Gasteiger partial charge in [0, 0.05) is 12.1 Å². The molecule has 0 aliphatic rings. The Morgan fingerprint density at radius 3 is 2.68 bits per heavy atom. The number of rotatable bonds is 7. The summed E-state index contributed by atoms with van der Waals surface area (Å²) in [5.41, 5.74) is 8.40. The molecule has 3 nitrogen and oxygen atoms in total. The Bertz CT molecular complexity index is 423. The second-order valence-electron chi connectivity index (χ2n) is 4.94. The van der Waals surface area contributed by atoms with Gasteiger partial charge in [-0.2, -0.15) is 0 Å². The Labute approximate surface area is 116 Å². The van der Waals surface area contributed by atoms with Gasteiger partial charge in [-0.1, -0.05) is 18.6 Å². The van der Waals surface area contributed by atoms with Gasteiger partial charge in [0.2, 0.25) is 0 Å². The number of hydrogen-bond donors (Lipinski definition) is 1. The van der Waals surface area contributed by atoms with Crippen molar-refractivity contribution in [2.75, 3.05) is 13.7 Å². The van der Waals surface area contributed by atoms with Crippen molar-refractivity contribution in [3.05, 3.63) is 35.4 Å². The molecule has 1 atom stereocenters. The number of methoxy groups -OCH3 is 1. The van der Waals surface area contributed by atoms with Crippen LogP contribution in [0.25, 0.3) is 0 Å². The van der Waals surface area contributed by atoms with Gasteiger partial charge < -0.3 is 15.2 Å². The monoisotopic (exact) mass is 263 g/mol. The fraction of sp³-hybridized carbons (Fsp3) is 0.500. The minimum absolute atomic E-state index is 0.166. The summed E-state index contributed by atoms with van der Waals surface area (Å²) in [6, 6.07) is 6.08. The SMILES string of the molecule is CCC(N)Cc1ccc(OC)cc1OCC=C(C)C. The highest BCUT2D eigenvalue weighted by molar-refractivity contribution is 5.41. The van der Waals surface area contributed by atoms with E-state index in [1.54, 1.807) is 7.11 Å². The summed E-state index contributed by atoms with van der Waals surface area (Å²) in [5, 5.41) is 0. The van der Waals surface area contributed by atoms with Crippen LogP contribution in [0.3, 0.4) is 0 Å². The highest BCUT2D eigenvalue weighted by Gasteiger charge is 2.09. The van der Waals surface area contributed by atoms with Crippen LogP contribution in [0.15, 0.2) is 29.8 Å². The fourth-order valence-corrected chi connectivity index (χ4v) is 1.69. The summed E-state index contributed by atoms with van der Waals surface area (Å²) in [6.45, 7) is 6.79. The summed E-state index contributed by atoms with van der Waals surface area (Å²) in [7, 11) is 1.66. The van der Waals surface area contributed by atoms with Gasteiger partial charge in [0.1, 0.15) is 18.1 Å². The molecular weight excluding hydrogens is 238 g/mol. The van der Waals surface area contributed by atoms with Gasteiger partial charge in [-0.3, -0.25) is 0 Å². The summed E-state index contributed by atoms with van der Waals surface area (Å²) < 4.78 is 11.1. The van der Waals surface area contributed by atoms with Crippen molar-refractivity contribution in [3.8, 4) is 11.5 Å². The molecule has 2 N–H and O–H groups in total. The molecule has 106 valence electrons. The number of allylic oxidation sites excluding steroid dienone is 1. The van der Waals surface area contributed by atoms with Crippen LogP contribution in [0.5, 0.6) is 11.5 Å². The van der Waals surface area contributed by atoms with Crippen molar-refractivity contribution >= 4 is 0 Å². The second-order valence-corrected chi connectivity index (χ2v) is 4.94. The van der Waals surface area contributed by atoms with Crippen LogP contribution in [0, 0.1) is 0 Å². The van der Waals surface area contributed by atoms with Crippen LogP contribution in [-0.2, 0) is 6.42 Å². The van der Waals surface area contributed by atoms with Gasteiger partial charge in [0.05, 0.1) is 7.11 Å². The maximum Gasteiger partial charge on any atom is 0.126 e. The van der Waals surface area contributed by atoms with Gasteiger partial charge in [-0.25, -0.2) is 0 Å². The molecule has 0 heterocycles. The average Bonchev–Trinajstić information content (AvgIpc) is 2.39. The molecule has 3 heteroatoms.